The number of carbonyl (C=O) groups excluding carboxylic acids is 1. The summed E-state index contributed by atoms with van der Waals surface area (Å²) in [6.07, 6.45) is 5.82. The van der Waals surface area contributed by atoms with Crippen LogP contribution in [0.4, 0.5) is 0 Å². The average molecular weight is 369 g/mol. The van der Waals surface area contributed by atoms with Gasteiger partial charge in [-0.05, 0) is 99.8 Å². The molecule has 26 heavy (non-hydrogen) atoms. The molecular weight excluding hydrogens is 324 g/mol. The largest absolute Gasteiger partial charge is 0.385 e. The van der Waals surface area contributed by atoms with Crippen LogP contribution in [0.25, 0.3) is 0 Å². The number of Topliss-reactive ketones (excluding diaryl/α,β-unsaturated/α-hetero) is 1. The Morgan fingerprint density at radius 3 is 1.65 bits per heavy atom. The van der Waals surface area contributed by atoms with Gasteiger partial charge in [0.2, 0.25) is 0 Å². The topological polar surface area (TPSA) is 43.8 Å². The molecule has 0 aromatic carbocycles. The van der Waals surface area contributed by atoms with Gasteiger partial charge in [0, 0.05) is 17.0 Å². The van der Waals surface area contributed by atoms with Gasteiger partial charge in [0.05, 0.1) is 0 Å². The van der Waals surface area contributed by atoms with Crippen LogP contribution in [-0.4, -0.2) is 64.1 Å². The third-order valence-corrected chi connectivity index (χ3v) is 5.87. The first kappa shape index (κ1) is 23.6. The fourth-order valence-electron chi connectivity index (χ4n) is 3.87. The molecule has 1 N–H and O–H groups in total. The molecule has 0 amide bonds. The number of likely N-dealkylation sites (tertiary alicyclic amines) is 2. The Labute approximate surface area is 162 Å². The number of piperidine rings is 2. The second-order valence-corrected chi connectivity index (χ2v) is 9.98. The van der Waals surface area contributed by atoms with E-state index in [2.05, 4.69) is 51.3 Å². The Hall–Kier alpha value is -0.450. The second-order valence-electron chi connectivity index (χ2n) is 9.98. The molecule has 2 saturated heterocycles. The van der Waals surface area contributed by atoms with Gasteiger partial charge in [-0.2, -0.15) is 0 Å². The molecule has 0 bridgehead atoms. The van der Waals surface area contributed by atoms with E-state index in [1.807, 2.05) is 6.92 Å². The third kappa shape index (κ3) is 7.66. The van der Waals surface area contributed by atoms with Crippen LogP contribution < -0.4 is 0 Å². The van der Waals surface area contributed by atoms with Crippen LogP contribution in [0, 0.1) is 5.92 Å². The van der Waals surface area contributed by atoms with Crippen molar-refractivity contribution in [3.05, 3.63) is 0 Å². The lowest BCUT2D eigenvalue weighted by atomic mass is 9.87. The normalized spacial score (nSPS) is 22.5. The summed E-state index contributed by atoms with van der Waals surface area (Å²) in [5.41, 5.74) is 0.595. The van der Waals surface area contributed by atoms with Crippen molar-refractivity contribution in [1.29, 1.82) is 0 Å². The molecule has 2 fully saturated rings. The van der Waals surface area contributed by atoms with Crippen LogP contribution in [0.2, 0.25) is 0 Å². The monoisotopic (exact) mass is 368 g/mol. The van der Waals surface area contributed by atoms with Crippen LogP contribution in [-0.2, 0) is 4.79 Å². The van der Waals surface area contributed by atoms with Crippen molar-refractivity contribution in [2.24, 2.45) is 5.92 Å². The molecule has 1 atom stereocenters. The highest BCUT2D eigenvalue weighted by Crippen LogP contribution is 2.25. The summed E-state index contributed by atoms with van der Waals surface area (Å²) in [5, 5.41) is 9.54. The van der Waals surface area contributed by atoms with Gasteiger partial charge in [0.1, 0.15) is 6.10 Å². The molecule has 2 aliphatic rings. The van der Waals surface area contributed by atoms with Crippen LogP contribution >= 0.6 is 0 Å². The third-order valence-electron chi connectivity index (χ3n) is 5.87. The zero-order chi connectivity index (χ0) is 20.0. The second kappa shape index (κ2) is 10.2. The molecule has 4 heteroatoms. The zero-order valence-electron chi connectivity index (χ0n) is 18.5. The molecule has 0 aliphatic carbocycles. The van der Waals surface area contributed by atoms with E-state index in [4.69, 9.17) is 0 Å². The summed E-state index contributed by atoms with van der Waals surface area (Å²) >= 11 is 0. The number of hydrogen-bond acceptors (Lipinski definition) is 4. The van der Waals surface area contributed by atoms with Crippen molar-refractivity contribution >= 4 is 5.78 Å². The summed E-state index contributed by atoms with van der Waals surface area (Å²) in [7, 11) is 0. The lowest BCUT2D eigenvalue weighted by Gasteiger charge is -2.40. The van der Waals surface area contributed by atoms with Crippen molar-refractivity contribution in [3.63, 3.8) is 0 Å². The van der Waals surface area contributed by atoms with Crippen molar-refractivity contribution in [1.82, 2.24) is 9.80 Å². The predicted octanol–water partition coefficient (Wildman–Crippen LogP) is 4.11. The highest BCUT2D eigenvalue weighted by atomic mass is 16.3. The van der Waals surface area contributed by atoms with Crippen molar-refractivity contribution in [3.8, 4) is 0 Å². The molecule has 0 saturated carbocycles. The van der Waals surface area contributed by atoms with Crippen LogP contribution in [0.15, 0.2) is 0 Å². The molecule has 0 spiro atoms. The smallest absolute Gasteiger partial charge is 0.164 e. The van der Waals surface area contributed by atoms with Gasteiger partial charge in [0.15, 0.2) is 5.78 Å². The summed E-state index contributed by atoms with van der Waals surface area (Å²) in [6, 6.07) is 0. The molecule has 0 radical (unpaired) electrons. The highest BCUT2D eigenvalue weighted by Gasteiger charge is 2.32. The molecule has 2 heterocycles. The van der Waals surface area contributed by atoms with Gasteiger partial charge in [0.25, 0.3) is 0 Å². The molecule has 1 unspecified atom stereocenters. The minimum absolute atomic E-state index is 0.0519. The van der Waals surface area contributed by atoms with Crippen molar-refractivity contribution in [2.45, 2.75) is 104 Å². The number of ketones is 1. The first-order valence-corrected chi connectivity index (χ1v) is 10.7. The average Bonchev–Trinajstić information content (AvgIpc) is 2.60. The maximum atomic E-state index is 11.8. The lowest BCUT2D eigenvalue weighted by molar-refractivity contribution is -0.133. The van der Waals surface area contributed by atoms with Gasteiger partial charge in [-0.15, -0.1) is 0 Å². The summed E-state index contributed by atoms with van der Waals surface area (Å²) in [5.74, 6) is 0.129. The van der Waals surface area contributed by atoms with Gasteiger partial charge in [-0.1, -0.05) is 13.3 Å². The quantitative estimate of drug-likeness (QED) is 0.814. The molecule has 154 valence electrons. The summed E-state index contributed by atoms with van der Waals surface area (Å²) < 4.78 is 0. The van der Waals surface area contributed by atoms with Crippen molar-refractivity contribution < 1.29 is 9.90 Å². The Bertz CT molecular complexity index is 409. The molecule has 4 nitrogen and oxygen atoms in total. The van der Waals surface area contributed by atoms with Crippen LogP contribution in [0.5, 0.6) is 0 Å². The Morgan fingerprint density at radius 1 is 0.885 bits per heavy atom. The number of hydrogen-bond donors (Lipinski definition) is 1. The van der Waals surface area contributed by atoms with E-state index in [9.17, 15) is 9.90 Å². The number of rotatable bonds is 3. The molecule has 2 aliphatic heterocycles. The molecular formula is C22H44N2O2. The van der Waals surface area contributed by atoms with E-state index >= 15 is 0 Å². The van der Waals surface area contributed by atoms with Gasteiger partial charge in [-0.3, -0.25) is 14.6 Å². The van der Waals surface area contributed by atoms with E-state index in [0.29, 0.717) is 12.0 Å². The Morgan fingerprint density at radius 2 is 1.31 bits per heavy atom. The summed E-state index contributed by atoms with van der Waals surface area (Å²) in [4.78, 5) is 16.8. The zero-order valence-corrected chi connectivity index (χ0v) is 18.5. The van der Waals surface area contributed by atoms with E-state index in [-0.39, 0.29) is 17.2 Å². The van der Waals surface area contributed by atoms with E-state index in [1.165, 1.54) is 32.4 Å². The number of nitrogens with zero attached hydrogens (tertiary/aromatic N) is 2. The highest BCUT2D eigenvalue weighted by molar-refractivity contribution is 5.85. The minimum atomic E-state index is -0.744. The maximum absolute atomic E-state index is 11.8. The van der Waals surface area contributed by atoms with E-state index in [1.54, 1.807) is 0 Å². The predicted molar refractivity (Wildman–Crippen MR) is 111 cm³/mol. The van der Waals surface area contributed by atoms with Gasteiger partial charge < -0.3 is 5.11 Å². The van der Waals surface area contributed by atoms with E-state index < -0.39 is 6.10 Å². The van der Waals surface area contributed by atoms with Crippen LogP contribution in [0.1, 0.15) is 87.0 Å². The number of carbonyl (C=O) groups is 1. The van der Waals surface area contributed by atoms with Gasteiger partial charge in [-0.25, -0.2) is 0 Å². The fourth-order valence-corrected chi connectivity index (χ4v) is 3.87. The SMILES string of the molecule is CC(C)(C)N1CCCCC1.CCC(O)C(=O)C1CCN(C(C)(C)C)CC1. The lowest BCUT2D eigenvalue weighted by Crippen LogP contribution is -2.48. The minimum Gasteiger partial charge on any atom is -0.385 e. The standard InChI is InChI=1S/C13H25NO2.C9H19N/c1-5-11(15)12(16)10-6-8-14(9-7-10)13(2,3)4;1-9(2,3)10-7-5-4-6-8-10/h10-11,15H,5-9H2,1-4H3;4-8H2,1-3H3. The van der Waals surface area contributed by atoms with Gasteiger partial charge >= 0.3 is 0 Å². The maximum Gasteiger partial charge on any atom is 0.164 e. The Kier molecular flexibility index (Phi) is 9.25. The first-order valence-electron chi connectivity index (χ1n) is 10.7. The summed E-state index contributed by atoms with van der Waals surface area (Å²) in [6.45, 7) is 19.9. The first-order chi connectivity index (χ1) is 12.0. The molecule has 0 aromatic heterocycles. The fraction of sp³-hybridized carbons (Fsp3) is 0.955. The number of aliphatic hydroxyl groups is 1. The van der Waals surface area contributed by atoms with E-state index in [0.717, 1.165) is 25.9 Å². The Balaban J connectivity index is 0.000000289. The van der Waals surface area contributed by atoms with Crippen molar-refractivity contribution in [2.75, 3.05) is 26.2 Å². The number of aliphatic hydroxyl groups excluding tert-OH is 1. The van der Waals surface area contributed by atoms with Crippen LogP contribution in [0.3, 0.4) is 0 Å². The molecule has 2 rings (SSSR count). The molecule has 0 aromatic rings.